The second-order valence-electron chi connectivity index (χ2n) is 5.95. The number of nitrogens with one attached hydrogen (secondary N) is 1. The molecule has 2 nitrogen and oxygen atoms in total. The van der Waals surface area contributed by atoms with E-state index < -0.39 is 0 Å². The minimum atomic E-state index is 0.643. The SMILES string of the molecule is CCCCCCCCCCCCC1CN=C(CC)N1. The molecule has 0 saturated heterocycles. The molecule has 1 aliphatic heterocycles. The van der Waals surface area contributed by atoms with Crippen molar-refractivity contribution in [3.8, 4) is 0 Å². The summed E-state index contributed by atoms with van der Waals surface area (Å²) < 4.78 is 0. The Bertz CT molecular complexity index is 235. The zero-order valence-corrected chi connectivity index (χ0v) is 13.2. The molecule has 1 aliphatic rings. The van der Waals surface area contributed by atoms with Crippen molar-refractivity contribution >= 4 is 5.84 Å². The van der Waals surface area contributed by atoms with Gasteiger partial charge in [0.25, 0.3) is 0 Å². The summed E-state index contributed by atoms with van der Waals surface area (Å²) in [5.74, 6) is 1.22. The van der Waals surface area contributed by atoms with E-state index in [1.807, 2.05) is 0 Å². The molecule has 1 heterocycles. The van der Waals surface area contributed by atoms with E-state index in [1.54, 1.807) is 0 Å². The Labute approximate surface area is 120 Å². The minimum Gasteiger partial charge on any atom is -0.369 e. The van der Waals surface area contributed by atoms with Crippen LogP contribution in [-0.2, 0) is 0 Å². The summed E-state index contributed by atoms with van der Waals surface area (Å²) in [6.45, 7) is 5.48. The van der Waals surface area contributed by atoms with Gasteiger partial charge in [0.15, 0.2) is 0 Å². The Morgan fingerprint density at radius 3 is 2.00 bits per heavy atom. The van der Waals surface area contributed by atoms with Crippen molar-refractivity contribution in [2.75, 3.05) is 6.54 Å². The second kappa shape index (κ2) is 11.3. The average molecular weight is 266 g/mol. The molecule has 0 spiro atoms. The Morgan fingerprint density at radius 2 is 1.47 bits per heavy atom. The molecule has 1 unspecified atom stereocenters. The molecule has 0 bridgehead atoms. The summed E-state index contributed by atoms with van der Waals surface area (Å²) >= 11 is 0. The molecular weight excluding hydrogens is 232 g/mol. The maximum atomic E-state index is 4.51. The van der Waals surface area contributed by atoms with Gasteiger partial charge >= 0.3 is 0 Å². The van der Waals surface area contributed by atoms with Gasteiger partial charge < -0.3 is 5.32 Å². The van der Waals surface area contributed by atoms with Gasteiger partial charge in [0.05, 0.1) is 12.4 Å². The lowest BCUT2D eigenvalue weighted by atomic mass is 10.0. The van der Waals surface area contributed by atoms with Crippen LogP contribution in [0.4, 0.5) is 0 Å². The van der Waals surface area contributed by atoms with Crippen molar-refractivity contribution in [1.29, 1.82) is 0 Å². The number of amidine groups is 1. The molecule has 0 aromatic heterocycles. The predicted molar refractivity (Wildman–Crippen MR) is 86.0 cm³/mol. The standard InChI is InChI=1S/C17H34N2/c1-3-5-6-7-8-9-10-11-12-13-14-16-15-18-17(4-2)19-16/h16H,3-15H2,1-2H3,(H,18,19). The Hall–Kier alpha value is -0.530. The molecule has 1 N–H and O–H groups in total. The third kappa shape index (κ3) is 8.28. The molecule has 0 fully saturated rings. The largest absolute Gasteiger partial charge is 0.369 e. The summed E-state index contributed by atoms with van der Waals surface area (Å²) in [5.41, 5.74) is 0. The minimum absolute atomic E-state index is 0.643. The average Bonchev–Trinajstić information content (AvgIpc) is 2.89. The lowest BCUT2D eigenvalue weighted by Crippen LogP contribution is -2.29. The molecule has 112 valence electrons. The molecule has 1 rings (SSSR count). The number of unbranched alkanes of at least 4 members (excludes halogenated alkanes) is 9. The van der Waals surface area contributed by atoms with E-state index in [9.17, 15) is 0 Å². The van der Waals surface area contributed by atoms with Gasteiger partial charge in [-0.05, 0) is 6.42 Å². The number of hydrogen-bond donors (Lipinski definition) is 1. The molecular formula is C17H34N2. The number of rotatable bonds is 12. The van der Waals surface area contributed by atoms with Crippen molar-refractivity contribution in [3.63, 3.8) is 0 Å². The predicted octanol–water partition coefficient (Wildman–Crippen LogP) is 5.08. The fraction of sp³-hybridized carbons (Fsp3) is 0.941. The maximum Gasteiger partial charge on any atom is 0.0963 e. The highest BCUT2D eigenvalue weighted by atomic mass is 15.1. The lowest BCUT2D eigenvalue weighted by molar-refractivity contribution is 0.516. The van der Waals surface area contributed by atoms with Gasteiger partial charge in [0, 0.05) is 12.5 Å². The summed E-state index contributed by atoms with van der Waals surface area (Å²) in [6, 6.07) is 0.643. The lowest BCUT2D eigenvalue weighted by Gasteiger charge is -2.10. The van der Waals surface area contributed by atoms with Crippen LogP contribution in [0.25, 0.3) is 0 Å². The van der Waals surface area contributed by atoms with Crippen LogP contribution in [0.3, 0.4) is 0 Å². The molecule has 0 aromatic rings. The van der Waals surface area contributed by atoms with E-state index in [2.05, 4.69) is 24.2 Å². The highest BCUT2D eigenvalue weighted by Crippen LogP contribution is 2.13. The Kier molecular flexibility index (Phi) is 9.84. The van der Waals surface area contributed by atoms with Crippen molar-refractivity contribution in [1.82, 2.24) is 5.32 Å². The van der Waals surface area contributed by atoms with Gasteiger partial charge in [-0.25, -0.2) is 0 Å². The fourth-order valence-electron chi connectivity index (χ4n) is 2.80. The van der Waals surface area contributed by atoms with Crippen LogP contribution in [0.15, 0.2) is 4.99 Å². The third-order valence-electron chi connectivity index (χ3n) is 4.11. The van der Waals surface area contributed by atoms with Gasteiger partial charge in [-0.1, -0.05) is 78.1 Å². The van der Waals surface area contributed by atoms with Crippen LogP contribution < -0.4 is 5.32 Å². The van der Waals surface area contributed by atoms with E-state index in [1.165, 1.54) is 76.5 Å². The van der Waals surface area contributed by atoms with Crippen LogP contribution in [0.2, 0.25) is 0 Å². The van der Waals surface area contributed by atoms with E-state index in [0.717, 1.165) is 13.0 Å². The first-order chi connectivity index (χ1) is 9.36. The Balaban J connectivity index is 1.77. The smallest absolute Gasteiger partial charge is 0.0963 e. The Morgan fingerprint density at radius 1 is 0.895 bits per heavy atom. The first-order valence-electron chi connectivity index (χ1n) is 8.66. The highest BCUT2D eigenvalue weighted by Gasteiger charge is 2.14. The zero-order valence-electron chi connectivity index (χ0n) is 13.2. The summed E-state index contributed by atoms with van der Waals surface area (Å²) in [6.07, 6.45) is 16.6. The van der Waals surface area contributed by atoms with E-state index in [-0.39, 0.29) is 0 Å². The van der Waals surface area contributed by atoms with Crippen LogP contribution in [0.1, 0.15) is 90.9 Å². The van der Waals surface area contributed by atoms with Crippen LogP contribution in [0.5, 0.6) is 0 Å². The first-order valence-corrected chi connectivity index (χ1v) is 8.66. The van der Waals surface area contributed by atoms with Gasteiger partial charge in [-0.15, -0.1) is 0 Å². The molecule has 0 radical (unpaired) electrons. The van der Waals surface area contributed by atoms with Crippen LogP contribution in [-0.4, -0.2) is 18.4 Å². The van der Waals surface area contributed by atoms with Crippen molar-refractivity contribution in [3.05, 3.63) is 0 Å². The number of nitrogens with zero attached hydrogens (tertiary/aromatic N) is 1. The number of hydrogen-bond acceptors (Lipinski definition) is 2. The molecule has 0 aromatic carbocycles. The molecule has 0 aliphatic carbocycles. The van der Waals surface area contributed by atoms with E-state index >= 15 is 0 Å². The fourth-order valence-corrected chi connectivity index (χ4v) is 2.80. The third-order valence-corrected chi connectivity index (χ3v) is 4.11. The second-order valence-corrected chi connectivity index (χ2v) is 5.95. The molecule has 0 amide bonds. The van der Waals surface area contributed by atoms with Crippen LogP contribution in [0, 0.1) is 0 Å². The normalized spacial score (nSPS) is 18.4. The number of aliphatic imine (C=N–C) groups is 1. The quantitative estimate of drug-likeness (QED) is 0.490. The van der Waals surface area contributed by atoms with E-state index in [0.29, 0.717) is 6.04 Å². The summed E-state index contributed by atoms with van der Waals surface area (Å²) in [7, 11) is 0. The van der Waals surface area contributed by atoms with Crippen molar-refractivity contribution < 1.29 is 0 Å². The monoisotopic (exact) mass is 266 g/mol. The van der Waals surface area contributed by atoms with Crippen molar-refractivity contribution in [2.45, 2.75) is 96.9 Å². The topological polar surface area (TPSA) is 24.4 Å². The van der Waals surface area contributed by atoms with Gasteiger partial charge in [-0.3, -0.25) is 4.99 Å². The molecule has 1 atom stereocenters. The molecule has 19 heavy (non-hydrogen) atoms. The summed E-state index contributed by atoms with van der Waals surface area (Å²) in [4.78, 5) is 4.51. The summed E-state index contributed by atoms with van der Waals surface area (Å²) in [5, 5.41) is 3.52. The van der Waals surface area contributed by atoms with Gasteiger partial charge in [0.1, 0.15) is 0 Å². The van der Waals surface area contributed by atoms with Crippen LogP contribution >= 0.6 is 0 Å². The van der Waals surface area contributed by atoms with Gasteiger partial charge in [0.2, 0.25) is 0 Å². The molecule has 0 saturated carbocycles. The highest BCUT2D eigenvalue weighted by molar-refractivity contribution is 5.83. The first kappa shape index (κ1) is 16.5. The zero-order chi connectivity index (χ0) is 13.8. The van der Waals surface area contributed by atoms with Gasteiger partial charge in [-0.2, -0.15) is 0 Å². The maximum absolute atomic E-state index is 4.51. The molecule has 2 heteroatoms. The van der Waals surface area contributed by atoms with Crippen molar-refractivity contribution in [2.24, 2.45) is 4.99 Å². The van der Waals surface area contributed by atoms with E-state index in [4.69, 9.17) is 0 Å².